The number of methoxy groups -OCH3 is 2. The van der Waals surface area contributed by atoms with E-state index in [9.17, 15) is 4.79 Å². The summed E-state index contributed by atoms with van der Waals surface area (Å²) < 4.78 is 10.00. The van der Waals surface area contributed by atoms with Crippen molar-refractivity contribution < 1.29 is 14.3 Å². The molecule has 0 aliphatic heterocycles. The number of esters is 1. The Morgan fingerprint density at radius 1 is 1.12 bits per heavy atom. The summed E-state index contributed by atoms with van der Waals surface area (Å²) in [6.45, 7) is 0. The molecule has 0 aliphatic rings. The van der Waals surface area contributed by atoms with Gasteiger partial charge in [-0.1, -0.05) is 30.3 Å². The first-order chi connectivity index (χ1) is 8.26. The highest BCUT2D eigenvalue weighted by Crippen LogP contribution is 2.28. The fourth-order valence-electron chi connectivity index (χ4n) is 1.91. The lowest BCUT2D eigenvalue weighted by Crippen LogP contribution is -2.06. The van der Waals surface area contributed by atoms with E-state index in [2.05, 4.69) is 0 Å². The summed E-state index contributed by atoms with van der Waals surface area (Å²) in [7, 11) is 2.99. The standard InChI is InChI=1S/C14H14O3/c1-16-13-8-7-10-5-3-4-6-11(10)12(13)9-14(15)17-2/h3-8H,9H2,1-2H3. The van der Waals surface area contributed by atoms with Crippen LogP contribution in [0, 0.1) is 0 Å². The van der Waals surface area contributed by atoms with Gasteiger partial charge in [0.1, 0.15) is 5.75 Å². The van der Waals surface area contributed by atoms with Gasteiger partial charge in [0.05, 0.1) is 20.6 Å². The topological polar surface area (TPSA) is 35.5 Å². The molecule has 0 heterocycles. The third-order valence-electron chi connectivity index (χ3n) is 2.77. The molecule has 3 nitrogen and oxygen atoms in total. The van der Waals surface area contributed by atoms with E-state index in [0.717, 1.165) is 16.3 Å². The predicted octanol–water partition coefficient (Wildman–Crippen LogP) is 2.56. The van der Waals surface area contributed by atoms with Gasteiger partial charge >= 0.3 is 5.97 Å². The van der Waals surface area contributed by atoms with Gasteiger partial charge in [0.15, 0.2) is 0 Å². The molecule has 0 bridgehead atoms. The molecule has 0 fully saturated rings. The van der Waals surface area contributed by atoms with Gasteiger partial charge in [-0.05, 0) is 16.8 Å². The summed E-state index contributed by atoms with van der Waals surface area (Å²) in [5, 5.41) is 2.12. The molecule has 0 radical (unpaired) electrons. The first-order valence-corrected chi connectivity index (χ1v) is 5.37. The summed E-state index contributed by atoms with van der Waals surface area (Å²) in [6.07, 6.45) is 0.223. The first-order valence-electron chi connectivity index (χ1n) is 5.37. The number of hydrogen-bond donors (Lipinski definition) is 0. The summed E-state index contributed by atoms with van der Waals surface area (Å²) in [5.74, 6) is 0.453. The van der Waals surface area contributed by atoms with Crippen molar-refractivity contribution in [2.24, 2.45) is 0 Å². The van der Waals surface area contributed by atoms with E-state index in [0.29, 0.717) is 5.75 Å². The van der Waals surface area contributed by atoms with Crippen molar-refractivity contribution >= 4 is 16.7 Å². The van der Waals surface area contributed by atoms with Gasteiger partial charge in [0, 0.05) is 5.56 Å². The number of carbonyl (C=O) groups is 1. The van der Waals surface area contributed by atoms with Crippen LogP contribution in [0.15, 0.2) is 36.4 Å². The first kappa shape index (κ1) is 11.5. The van der Waals surface area contributed by atoms with Crippen LogP contribution in [-0.2, 0) is 16.0 Å². The molecule has 88 valence electrons. The SMILES string of the molecule is COC(=O)Cc1c(OC)ccc2ccccc12. The fourth-order valence-corrected chi connectivity index (χ4v) is 1.91. The Morgan fingerprint density at radius 2 is 1.88 bits per heavy atom. The Hall–Kier alpha value is -2.03. The van der Waals surface area contributed by atoms with Crippen molar-refractivity contribution in [3.05, 3.63) is 42.0 Å². The number of ether oxygens (including phenoxy) is 2. The molecule has 0 spiro atoms. The molecular formula is C14H14O3. The van der Waals surface area contributed by atoms with Crippen LogP contribution in [0.5, 0.6) is 5.75 Å². The largest absolute Gasteiger partial charge is 0.496 e. The molecule has 0 saturated carbocycles. The van der Waals surface area contributed by atoms with Crippen molar-refractivity contribution in [2.45, 2.75) is 6.42 Å². The van der Waals surface area contributed by atoms with Crippen LogP contribution in [0.4, 0.5) is 0 Å². The fraction of sp³-hybridized carbons (Fsp3) is 0.214. The van der Waals surface area contributed by atoms with E-state index >= 15 is 0 Å². The van der Waals surface area contributed by atoms with Crippen LogP contribution in [0.1, 0.15) is 5.56 Å². The van der Waals surface area contributed by atoms with Crippen LogP contribution < -0.4 is 4.74 Å². The van der Waals surface area contributed by atoms with Gasteiger partial charge in [0.2, 0.25) is 0 Å². The Bertz CT molecular complexity index is 546. The average molecular weight is 230 g/mol. The van der Waals surface area contributed by atoms with E-state index in [4.69, 9.17) is 9.47 Å². The third-order valence-corrected chi connectivity index (χ3v) is 2.77. The van der Waals surface area contributed by atoms with Crippen LogP contribution >= 0.6 is 0 Å². The number of benzene rings is 2. The lowest BCUT2D eigenvalue weighted by molar-refractivity contribution is -0.139. The molecule has 0 amide bonds. The number of rotatable bonds is 3. The van der Waals surface area contributed by atoms with Crippen LogP contribution in [-0.4, -0.2) is 20.2 Å². The smallest absolute Gasteiger partial charge is 0.310 e. The monoisotopic (exact) mass is 230 g/mol. The van der Waals surface area contributed by atoms with Crippen LogP contribution in [0.2, 0.25) is 0 Å². The predicted molar refractivity (Wildman–Crippen MR) is 66.2 cm³/mol. The van der Waals surface area contributed by atoms with Crippen molar-refractivity contribution in [3.63, 3.8) is 0 Å². The number of fused-ring (bicyclic) bond motifs is 1. The zero-order valence-corrected chi connectivity index (χ0v) is 9.90. The Labute approximate surface area is 100.0 Å². The highest BCUT2D eigenvalue weighted by Gasteiger charge is 2.12. The van der Waals surface area contributed by atoms with E-state index in [1.807, 2.05) is 36.4 Å². The summed E-state index contributed by atoms with van der Waals surface area (Å²) in [4.78, 5) is 11.4. The molecule has 0 atom stereocenters. The zero-order valence-electron chi connectivity index (χ0n) is 9.90. The lowest BCUT2D eigenvalue weighted by atomic mass is 10.0. The van der Waals surface area contributed by atoms with Crippen molar-refractivity contribution in [1.29, 1.82) is 0 Å². The normalized spacial score (nSPS) is 10.2. The van der Waals surface area contributed by atoms with Gasteiger partial charge in [-0.25, -0.2) is 0 Å². The second-order valence-corrected chi connectivity index (χ2v) is 3.72. The molecule has 0 aliphatic carbocycles. The van der Waals surface area contributed by atoms with Crippen LogP contribution in [0.3, 0.4) is 0 Å². The molecule has 2 rings (SSSR count). The molecule has 0 aromatic heterocycles. The van der Waals surface area contributed by atoms with E-state index in [-0.39, 0.29) is 12.4 Å². The molecule has 0 unspecified atom stereocenters. The molecule has 2 aromatic carbocycles. The minimum Gasteiger partial charge on any atom is -0.496 e. The maximum Gasteiger partial charge on any atom is 0.310 e. The van der Waals surface area contributed by atoms with Gasteiger partial charge in [-0.3, -0.25) is 4.79 Å². The molecule has 17 heavy (non-hydrogen) atoms. The van der Waals surface area contributed by atoms with Gasteiger partial charge in [0.25, 0.3) is 0 Å². The minimum atomic E-state index is -0.264. The lowest BCUT2D eigenvalue weighted by Gasteiger charge is -2.11. The maximum absolute atomic E-state index is 11.4. The van der Waals surface area contributed by atoms with Gasteiger partial charge in [-0.15, -0.1) is 0 Å². The second-order valence-electron chi connectivity index (χ2n) is 3.72. The number of hydrogen-bond acceptors (Lipinski definition) is 3. The quantitative estimate of drug-likeness (QED) is 0.760. The molecule has 3 heteroatoms. The number of carbonyl (C=O) groups excluding carboxylic acids is 1. The van der Waals surface area contributed by atoms with E-state index in [1.54, 1.807) is 7.11 Å². The van der Waals surface area contributed by atoms with Gasteiger partial charge in [-0.2, -0.15) is 0 Å². The van der Waals surface area contributed by atoms with Crippen molar-refractivity contribution in [2.75, 3.05) is 14.2 Å². The zero-order chi connectivity index (χ0) is 12.3. The molecular weight excluding hydrogens is 216 g/mol. The van der Waals surface area contributed by atoms with Crippen LogP contribution in [0.25, 0.3) is 10.8 Å². The summed E-state index contributed by atoms with van der Waals surface area (Å²) >= 11 is 0. The summed E-state index contributed by atoms with van der Waals surface area (Å²) in [6, 6.07) is 11.8. The van der Waals surface area contributed by atoms with E-state index < -0.39 is 0 Å². The average Bonchev–Trinajstić information content (AvgIpc) is 2.39. The highest BCUT2D eigenvalue weighted by molar-refractivity contribution is 5.91. The molecule has 2 aromatic rings. The molecule has 0 saturated heterocycles. The maximum atomic E-state index is 11.4. The Kier molecular flexibility index (Phi) is 3.28. The third kappa shape index (κ3) is 2.23. The highest BCUT2D eigenvalue weighted by atomic mass is 16.5. The second kappa shape index (κ2) is 4.87. The minimum absolute atomic E-state index is 0.223. The van der Waals surface area contributed by atoms with Crippen molar-refractivity contribution in [1.82, 2.24) is 0 Å². The van der Waals surface area contributed by atoms with Gasteiger partial charge < -0.3 is 9.47 Å². The van der Waals surface area contributed by atoms with Crippen molar-refractivity contribution in [3.8, 4) is 5.75 Å². The Balaban J connectivity index is 2.58. The Morgan fingerprint density at radius 3 is 2.59 bits per heavy atom. The molecule has 0 N–H and O–H groups in total. The summed E-state index contributed by atoms with van der Waals surface area (Å²) in [5.41, 5.74) is 0.873. The van der Waals surface area contributed by atoms with E-state index in [1.165, 1.54) is 7.11 Å².